The summed E-state index contributed by atoms with van der Waals surface area (Å²) in [6, 6.07) is 5.95. The predicted molar refractivity (Wildman–Crippen MR) is 72.6 cm³/mol. The molecule has 1 heterocycles. The van der Waals surface area contributed by atoms with Crippen molar-refractivity contribution in [3.05, 3.63) is 41.0 Å². The van der Waals surface area contributed by atoms with Crippen molar-refractivity contribution in [2.24, 2.45) is 5.73 Å². The van der Waals surface area contributed by atoms with Crippen LogP contribution in [0.15, 0.2) is 18.2 Å². The molecule has 20 heavy (non-hydrogen) atoms. The number of halogens is 1. The fourth-order valence-electron chi connectivity index (χ4n) is 2.06. The number of aromatic nitrogens is 3. The van der Waals surface area contributed by atoms with E-state index in [1.165, 1.54) is 12.1 Å². The first-order chi connectivity index (χ1) is 9.62. The standard InChI is InChI=1S/C14H16FN5/c1-3-12(17)14-13(4-2)20(19-18-14)10-5-6-11(15)9(7-10)8-16/h5-7,12H,3-4,17H2,1-2H3. The van der Waals surface area contributed by atoms with E-state index in [0.29, 0.717) is 12.1 Å². The summed E-state index contributed by atoms with van der Waals surface area (Å²) in [5, 5.41) is 17.1. The highest BCUT2D eigenvalue weighted by atomic mass is 19.1. The molecule has 0 aliphatic carbocycles. The van der Waals surface area contributed by atoms with E-state index in [9.17, 15) is 4.39 Å². The van der Waals surface area contributed by atoms with Crippen molar-refractivity contribution in [1.82, 2.24) is 15.0 Å². The summed E-state index contributed by atoms with van der Waals surface area (Å²) in [5.41, 5.74) is 8.25. The molecule has 0 saturated carbocycles. The number of hydrogen-bond acceptors (Lipinski definition) is 4. The molecule has 0 aliphatic rings. The van der Waals surface area contributed by atoms with Crippen LogP contribution in [0.25, 0.3) is 5.69 Å². The quantitative estimate of drug-likeness (QED) is 0.926. The van der Waals surface area contributed by atoms with Crippen molar-refractivity contribution < 1.29 is 4.39 Å². The zero-order chi connectivity index (χ0) is 14.7. The van der Waals surface area contributed by atoms with Crippen LogP contribution < -0.4 is 5.73 Å². The second-order valence-corrected chi connectivity index (χ2v) is 4.48. The van der Waals surface area contributed by atoms with Gasteiger partial charge in [-0.25, -0.2) is 9.07 Å². The Morgan fingerprint density at radius 3 is 2.80 bits per heavy atom. The maximum Gasteiger partial charge on any atom is 0.141 e. The number of nitrogens with zero attached hydrogens (tertiary/aromatic N) is 4. The molecule has 0 bridgehead atoms. The highest BCUT2D eigenvalue weighted by Gasteiger charge is 2.18. The van der Waals surface area contributed by atoms with Crippen molar-refractivity contribution in [2.75, 3.05) is 0 Å². The zero-order valence-electron chi connectivity index (χ0n) is 11.5. The zero-order valence-corrected chi connectivity index (χ0v) is 11.5. The van der Waals surface area contributed by atoms with E-state index in [4.69, 9.17) is 11.0 Å². The number of hydrogen-bond donors (Lipinski definition) is 1. The first kappa shape index (κ1) is 14.2. The lowest BCUT2D eigenvalue weighted by molar-refractivity contribution is 0.622. The molecule has 0 amide bonds. The first-order valence-corrected chi connectivity index (χ1v) is 6.52. The van der Waals surface area contributed by atoms with Crippen LogP contribution in [0.2, 0.25) is 0 Å². The molecule has 5 nitrogen and oxygen atoms in total. The van der Waals surface area contributed by atoms with Crippen molar-refractivity contribution >= 4 is 0 Å². The van der Waals surface area contributed by atoms with Gasteiger partial charge >= 0.3 is 0 Å². The Kier molecular flexibility index (Phi) is 4.11. The van der Waals surface area contributed by atoms with Gasteiger partial charge in [-0.05, 0) is 31.0 Å². The Hall–Kier alpha value is -2.26. The molecule has 2 aromatic rings. The first-order valence-electron chi connectivity index (χ1n) is 6.52. The minimum Gasteiger partial charge on any atom is -0.323 e. The van der Waals surface area contributed by atoms with Crippen LogP contribution in [-0.4, -0.2) is 15.0 Å². The van der Waals surface area contributed by atoms with Gasteiger partial charge in [0.2, 0.25) is 0 Å². The molecular weight excluding hydrogens is 257 g/mol. The van der Waals surface area contributed by atoms with Gasteiger partial charge in [0.15, 0.2) is 0 Å². The van der Waals surface area contributed by atoms with Crippen molar-refractivity contribution in [1.29, 1.82) is 5.26 Å². The van der Waals surface area contributed by atoms with Gasteiger partial charge in [-0.2, -0.15) is 5.26 Å². The van der Waals surface area contributed by atoms with Gasteiger partial charge in [0.1, 0.15) is 17.6 Å². The minimum atomic E-state index is -0.542. The van der Waals surface area contributed by atoms with Crippen LogP contribution in [0.5, 0.6) is 0 Å². The van der Waals surface area contributed by atoms with Gasteiger partial charge in [0.25, 0.3) is 0 Å². The van der Waals surface area contributed by atoms with Crippen LogP contribution in [-0.2, 0) is 6.42 Å². The lowest BCUT2D eigenvalue weighted by atomic mass is 10.1. The summed E-state index contributed by atoms with van der Waals surface area (Å²) < 4.78 is 15.0. The van der Waals surface area contributed by atoms with Gasteiger partial charge in [-0.3, -0.25) is 0 Å². The van der Waals surface area contributed by atoms with Gasteiger partial charge in [-0.1, -0.05) is 19.1 Å². The molecule has 104 valence electrons. The Morgan fingerprint density at radius 1 is 1.45 bits per heavy atom. The van der Waals surface area contributed by atoms with E-state index >= 15 is 0 Å². The lowest BCUT2D eigenvalue weighted by Crippen LogP contribution is -2.12. The topological polar surface area (TPSA) is 80.5 Å². The third-order valence-electron chi connectivity index (χ3n) is 3.23. The maximum atomic E-state index is 13.4. The fourth-order valence-corrected chi connectivity index (χ4v) is 2.06. The van der Waals surface area contributed by atoms with Crippen LogP contribution >= 0.6 is 0 Å². The smallest absolute Gasteiger partial charge is 0.141 e. The Labute approximate surface area is 116 Å². The highest BCUT2D eigenvalue weighted by molar-refractivity contribution is 5.43. The Balaban J connectivity index is 2.54. The van der Waals surface area contributed by atoms with E-state index < -0.39 is 5.82 Å². The molecule has 0 saturated heterocycles. The summed E-state index contributed by atoms with van der Waals surface area (Å²) in [6.07, 6.45) is 1.47. The normalized spacial score (nSPS) is 12.2. The van der Waals surface area contributed by atoms with Crippen molar-refractivity contribution in [3.63, 3.8) is 0 Å². The summed E-state index contributed by atoms with van der Waals surface area (Å²) in [7, 11) is 0. The molecule has 1 atom stereocenters. The minimum absolute atomic E-state index is 0.0126. The van der Waals surface area contributed by atoms with Gasteiger partial charge in [0, 0.05) is 0 Å². The number of nitrogens with two attached hydrogens (primary N) is 1. The second-order valence-electron chi connectivity index (χ2n) is 4.48. The van der Waals surface area contributed by atoms with Crippen molar-refractivity contribution in [3.8, 4) is 11.8 Å². The molecule has 1 unspecified atom stereocenters. The SMILES string of the molecule is CCc1c(C(N)CC)nnn1-c1ccc(F)c(C#N)c1. The predicted octanol–water partition coefficient (Wildman–Crippen LogP) is 2.25. The molecule has 6 heteroatoms. The Morgan fingerprint density at radius 2 is 2.20 bits per heavy atom. The van der Waals surface area contributed by atoms with Crippen LogP contribution in [0.1, 0.15) is 43.3 Å². The summed E-state index contributed by atoms with van der Waals surface area (Å²) >= 11 is 0. The van der Waals surface area contributed by atoms with E-state index in [0.717, 1.165) is 17.8 Å². The summed E-state index contributed by atoms with van der Waals surface area (Å²) in [6.45, 7) is 3.96. The van der Waals surface area contributed by atoms with Crippen LogP contribution in [0.4, 0.5) is 4.39 Å². The molecule has 0 fully saturated rings. The fraction of sp³-hybridized carbons (Fsp3) is 0.357. The molecular formula is C14H16FN5. The summed E-state index contributed by atoms with van der Waals surface area (Å²) in [5.74, 6) is -0.542. The molecule has 0 aliphatic heterocycles. The van der Waals surface area contributed by atoms with Crippen LogP contribution in [0, 0.1) is 17.1 Å². The molecule has 1 aromatic heterocycles. The number of benzene rings is 1. The largest absolute Gasteiger partial charge is 0.323 e. The average molecular weight is 273 g/mol. The van der Waals surface area contributed by atoms with Gasteiger partial charge in [-0.15, -0.1) is 5.10 Å². The Bertz CT molecular complexity index is 656. The average Bonchev–Trinajstić information content (AvgIpc) is 2.90. The van der Waals surface area contributed by atoms with Crippen molar-refractivity contribution in [2.45, 2.75) is 32.7 Å². The highest BCUT2D eigenvalue weighted by Crippen LogP contribution is 2.21. The third kappa shape index (κ3) is 2.40. The lowest BCUT2D eigenvalue weighted by Gasteiger charge is -2.09. The summed E-state index contributed by atoms with van der Waals surface area (Å²) in [4.78, 5) is 0. The third-order valence-corrected chi connectivity index (χ3v) is 3.23. The maximum absolute atomic E-state index is 13.4. The molecule has 2 rings (SSSR count). The number of nitriles is 1. The molecule has 0 spiro atoms. The monoisotopic (exact) mass is 273 g/mol. The molecule has 0 radical (unpaired) electrons. The second kappa shape index (κ2) is 5.80. The van der Waals surface area contributed by atoms with Gasteiger partial charge in [0.05, 0.1) is 23.0 Å². The molecule has 1 aromatic carbocycles. The van der Waals surface area contributed by atoms with Crippen LogP contribution in [0.3, 0.4) is 0 Å². The van der Waals surface area contributed by atoms with Gasteiger partial charge < -0.3 is 5.73 Å². The van der Waals surface area contributed by atoms with E-state index in [2.05, 4.69) is 10.3 Å². The van der Waals surface area contributed by atoms with E-state index in [-0.39, 0.29) is 11.6 Å². The van der Waals surface area contributed by atoms with E-state index in [1.807, 2.05) is 19.9 Å². The number of rotatable bonds is 4. The van der Waals surface area contributed by atoms with E-state index in [1.54, 1.807) is 10.7 Å². The molecule has 2 N–H and O–H groups in total.